The van der Waals surface area contributed by atoms with Crippen LogP contribution in [0.5, 0.6) is 0 Å². The number of allylic oxidation sites excluding steroid dienone is 2. The predicted octanol–water partition coefficient (Wildman–Crippen LogP) is 1.64. The summed E-state index contributed by atoms with van der Waals surface area (Å²) in [6.45, 7) is 2.51. The molecule has 3 N–H and O–H groups in total. The first kappa shape index (κ1) is 14.6. The molecule has 2 unspecified atom stereocenters. The lowest BCUT2D eigenvalue weighted by atomic mass is 9.91. The van der Waals surface area contributed by atoms with Crippen molar-refractivity contribution in [3.63, 3.8) is 0 Å². The Morgan fingerprint density at radius 2 is 2.17 bits per heavy atom. The van der Waals surface area contributed by atoms with Crippen molar-refractivity contribution in [1.29, 1.82) is 0 Å². The number of rotatable bonds is 5. The zero-order chi connectivity index (χ0) is 13.6. The van der Waals surface area contributed by atoms with Crippen LogP contribution in [0, 0.1) is 0 Å². The highest BCUT2D eigenvalue weighted by Gasteiger charge is 2.44. The van der Waals surface area contributed by atoms with Gasteiger partial charge in [-0.25, -0.2) is 9.59 Å². The highest BCUT2D eigenvalue weighted by molar-refractivity contribution is 6.25. The first-order valence-corrected chi connectivity index (χ1v) is 6.26. The third-order valence-electron chi connectivity index (χ3n) is 2.68. The van der Waals surface area contributed by atoms with Gasteiger partial charge in [-0.05, 0) is 12.5 Å². The minimum Gasteiger partial charge on any atom is -0.479 e. The number of alkyl halides is 1. The number of halogens is 1. The number of urea groups is 1. The highest BCUT2D eigenvalue weighted by atomic mass is 35.5. The van der Waals surface area contributed by atoms with Crippen molar-refractivity contribution in [2.45, 2.75) is 30.7 Å². The van der Waals surface area contributed by atoms with Gasteiger partial charge in [0.2, 0.25) is 0 Å². The molecule has 100 valence electrons. The van der Waals surface area contributed by atoms with E-state index in [-0.39, 0.29) is 0 Å². The van der Waals surface area contributed by atoms with Crippen LogP contribution >= 0.6 is 11.6 Å². The minimum absolute atomic E-state index is 0.505. The molecule has 0 aromatic heterocycles. The summed E-state index contributed by atoms with van der Waals surface area (Å²) >= 11 is 5.98. The summed E-state index contributed by atoms with van der Waals surface area (Å²) in [5, 5.41) is 13.5. The van der Waals surface area contributed by atoms with Gasteiger partial charge in [0.15, 0.2) is 5.54 Å². The van der Waals surface area contributed by atoms with E-state index in [2.05, 4.69) is 10.6 Å². The van der Waals surface area contributed by atoms with Crippen molar-refractivity contribution in [1.82, 2.24) is 10.6 Å². The number of amides is 2. The number of carboxylic acids is 1. The zero-order valence-corrected chi connectivity index (χ0v) is 10.9. The quantitative estimate of drug-likeness (QED) is 0.526. The van der Waals surface area contributed by atoms with Gasteiger partial charge in [0, 0.05) is 6.54 Å². The molecule has 0 fully saturated rings. The summed E-state index contributed by atoms with van der Waals surface area (Å²) in [5.74, 6) is -1.19. The largest absolute Gasteiger partial charge is 0.479 e. The lowest BCUT2D eigenvalue weighted by molar-refractivity contribution is -0.142. The van der Waals surface area contributed by atoms with E-state index < -0.39 is 22.9 Å². The second-order valence-electron chi connectivity index (χ2n) is 4.05. The summed E-state index contributed by atoms with van der Waals surface area (Å²) in [6, 6.07) is -0.531. The molecule has 0 bridgehead atoms. The first-order valence-electron chi connectivity index (χ1n) is 5.82. The molecule has 18 heavy (non-hydrogen) atoms. The fraction of sp³-hybridized carbons (Fsp3) is 0.500. The van der Waals surface area contributed by atoms with Gasteiger partial charge in [0.05, 0.1) is 5.38 Å². The molecule has 1 aliphatic rings. The van der Waals surface area contributed by atoms with Gasteiger partial charge in [0.1, 0.15) is 0 Å². The molecular formula is C12H17ClN2O3. The van der Waals surface area contributed by atoms with Crippen LogP contribution in [0.3, 0.4) is 0 Å². The van der Waals surface area contributed by atoms with Crippen LogP contribution in [-0.4, -0.2) is 34.6 Å². The van der Waals surface area contributed by atoms with Crippen molar-refractivity contribution in [2.24, 2.45) is 0 Å². The molecule has 0 saturated heterocycles. The molecule has 1 rings (SSSR count). The van der Waals surface area contributed by atoms with Crippen LogP contribution in [-0.2, 0) is 4.79 Å². The van der Waals surface area contributed by atoms with Gasteiger partial charge in [-0.1, -0.05) is 31.6 Å². The maximum atomic E-state index is 11.6. The van der Waals surface area contributed by atoms with E-state index >= 15 is 0 Å². The molecule has 2 atom stereocenters. The normalized spacial score (nSPS) is 25.8. The minimum atomic E-state index is -1.59. The lowest BCUT2D eigenvalue weighted by Gasteiger charge is -2.31. The van der Waals surface area contributed by atoms with Crippen LogP contribution in [0.15, 0.2) is 24.3 Å². The molecule has 0 aromatic carbocycles. The Morgan fingerprint density at radius 1 is 1.44 bits per heavy atom. The second kappa shape index (κ2) is 6.44. The number of carbonyl (C=O) groups excluding carboxylic acids is 1. The Morgan fingerprint density at radius 3 is 2.72 bits per heavy atom. The SMILES string of the molecule is CCCCNC(=O)NC1(C(=O)O)C=CC=CC1Cl. The topological polar surface area (TPSA) is 78.4 Å². The molecule has 0 spiro atoms. The van der Waals surface area contributed by atoms with E-state index in [1.807, 2.05) is 6.92 Å². The summed E-state index contributed by atoms with van der Waals surface area (Å²) in [7, 11) is 0. The molecule has 5 nitrogen and oxygen atoms in total. The molecular weight excluding hydrogens is 256 g/mol. The Kier molecular flexibility index (Phi) is 5.22. The Hall–Kier alpha value is -1.49. The van der Waals surface area contributed by atoms with Gasteiger partial charge >= 0.3 is 12.0 Å². The number of nitrogens with one attached hydrogen (secondary N) is 2. The number of hydrogen-bond donors (Lipinski definition) is 3. The molecule has 0 heterocycles. The van der Waals surface area contributed by atoms with Crippen molar-refractivity contribution in [3.8, 4) is 0 Å². The van der Waals surface area contributed by atoms with Crippen LogP contribution < -0.4 is 10.6 Å². The number of unbranched alkanes of at least 4 members (excludes halogenated alkanes) is 1. The smallest absolute Gasteiger partial charge is 0.335 e. The Bertz CT molecular complexity index is 382. The molecule has 0 aliphatic heterocycles. The first-order chi connectivity index (χ1) is 8.53. The van der Waals surface area contributed by atoms with Gasteiger partial charge in [0.25, 0.3) is 0 Å². The van der Waals surface area contributed by atoms with E-state index in [4.69, 9.17) is 11.6 Å². The number of hydrogen-bond acceptors (Lipinski definition) is 2. The average molecular weight is 273 g/mol. The molecule has 1 aliphatic carbocycles. The van der Waals surface area contributed by atoms with Gasteiger partial charge in [-0.2, -0.15) is 0 Å². The molecule has 0 aromatic rings. The van der Waals surface area contributed by atoms with E-state index in [1.54, 1.807) is 12.2 Å². The van der Waals surface area contributed by atoms with E-state index in [1.165, 1.54) is 12.2 Å². The molecule has 0 saturated carbocycles. The zero-order valence-electron chi connectivity index (χ0n) is 10.1. The van der Waals surface area contributed by atoms with E-state index in [0.29, 0.717) is 6.54 Å². The van der Waals surface area contributed by atoms with Crippen molar-refractivity contribution in [3.05, 3.63) is 24.3 Å². The highest BCUT2D eigenvalue weighted by Crippen LogP contribution is 2.23. The van der Waals surface area contributed by atoms with Crippen LogP contribution in [0.4, 0.5) is 4.79 Å². The second-order valence-corrected chi connectivity index (χ2v) is 4.52. The van der Waals surface area contributed by atoms with Crippen molar-refractivity contribution in [2.75, 3.05) is 6.54 Å². The van der Waals surface area contributed by atoms with Crippen LogP contribution in [0.2, 0.25) is 0 Å². The molecule has 0 radical (unpaired) electrons. The number of carbonyl (C=O) groups is 2. The van der Waals surface area contributed by atoms with E-state index in [9.17, 15) is 14.7 Å². The third-order valence-corrected chi connectivity index (χ3v) is 3.17. The van der Waals surface area contributed by atoms with E-state index in [0.717, 1.165) is 12.8 Å². The molecule has 6 heteroatoms. The van der Waals surface area contributed by atoms with Gasteiger partial charge in [-0.15, -0.1) is 11.6 Å². The third kappa shape index (κ3) is 3.26. The maximum absolute atomic E-state index is 11.6. The Balaban J connectivity index is 2.70. The Labute approximate surface area is 111 Å². The number of aliphatic carboxylic acids is 1. The van der Waals surface area contributed by atoms with Crippen molar-refractivity contribution < 1.29 is 14.7 Å². The average Bonchev–Trinajstić information content (AvgIpc) is 2.32. The fourth-order valence-corrected chi connectivity index (χ4v) is 1.88. The molecule has 2 amide bonds. The summed E-state index contributed by atoms with van der Waals surface area (Å²) in [6.07, 6.45) is 7.90. The lowest BCUT2D eigenvalue weighted by Crippen LogP contribution is -2.61. The summed E-state index contributed by atoms with van der Waals surface area (Å²) < 4.78 is 0. The van der Waals surface area contributed by atoms with Gasteiger partial charge < -0.3 is 15.7 Å². The van der Waals surface area contributed by atoms with Crippen LogP contribution in [0.1, 0.15) is 19.8 Å². The van der Waals surface area contributed by atoms with Crippen molar-refractivity contribution >= 4 is 23.6 Å². The summed E-state index contributed by atoms with van der Waals surface area (Å²) in [4.78, 5) is 23.0. The maximum Gasteiger partial charge on any atom is 0.335 e. The standard InChI is InChI=1S/C12H17ClN2O3/c1-2-3-8-14-11(18)15-12(10(16)17)7-5-4-6-9(12)13/h4-7,9H,2-3,8H2,1H3,(H,16,17)(H2,14,15,18). The fourth-order valence-electron chi connectivity index (χ4n) is 1.58. The predicted molar refractivity (Wildman–Crippen MR) is 69.7 cm³/mol. The van der Waals surface area contributed by atoms with Crippen LogP contribution in [0.25, 0.3) is 0 Å². The monoisotopic (exact) mass is 272 g/mol. The van der Waals surface area contributed by atoms with Gasteiger partial charge in [-0.3, -0.25) is 0 Å². The summed E-state index contributed by atoms with van der Waals surface area (Å²) in [5.41, 5.74) is -1.59. The number of carboxylic acid groups (broad SMARTS) is 1.